The maximum Gasteiger partial charge on any atom is 0.150 e. The number of nitrogens with zero attached hydrogens (tertiary/aromatic N) is 1. The minimum absolute atomic E-state index is 0.133. The standard InChI is InChI=1S/C12H19N3O2S/c1-14-12(9-3-5-18(16,17)8-9)6-10-7-15-4-2-11(10)13/h2,4,7,9,12,14H,3,5-6,8H2,1H3,(H2,13,15). The highest BCUT2D eigenvalue weighted by atomic mass is 32.2. The summed E-state index contributed by atoms with van der Waals surface area (Å²) in [6.45, 7) is 0. The van der Waals surface area contributed by atoms with E-state index in [9.17, 15) is 8.42 Å². The molecular weight excluding hydrogens is 250 g/mol. The molecule has 0 saturated carbocycles. The lowest BCUT2D eigenvalue weighted by atomic mass is 9.93. The van der Waals surface area contributed by atoms with Gasteiger partial charge in [0.2, 0.25) is 0 Å². The van der Waals surface area contributed by atoms with Crippen LogP contribution in [0, 0.1) is 5.92 Å². The lowest BCUT2D eigenvalue weighted by molar-refractivity contribution is 0.403. The minimum atomic E-state index is -2.84. The average molecular weight is 269 g/mol. The van der Waals surface area contributed by atoms with Crippen LogP contribution in [-0.4, -0.2) is 38.0 Å². The van der Waals surface area contributed by atoms with Gasteiger partial charge in [0, 0.05) is 24.1 Å². The van der Waals surface area contributed by atoms with Crippen molar-refractivity contribution in [3.8, 4) is 0 Å². The average Bonchev–Trinajstić information content (AvgIpc) is 2.68. The topological polar surface area (TPSA) is 85.1 Å². The molecule has 1 fully saturated rings. The van der Waals surface area contributed by atoms with Crippen LogP contribution in [0.5, 0.6) is 0 Å². The third-order valence-electron chi connectivity index (χ3n) is 3.59. The Morgan fingerprint density at radius 2 is 2.39 bits per heavy atom. The van der Waals surface area contributed by atoms with Crippen LogP contribution >= 0.6 is 0 Å². The molecule has 0 amide bonds. The maximum absolute atomic E-state index is 11.5. The van der Waals surface area contributed by atoms with Crippen molar-refractivity contribution in [1.29, 1.82) is 0 Å². The Labute approximate surface area is 108 Å². The first kappa shape index (κ1) is 13.3. The van der Waals surface area contributed by atoms with Gasteiger partial charge in [0.15, 0.2) is 9.84 Å². The highest BCUT2D eigenvalue weighted by Crippen LogP contribution is 2.24. The molecule has 0 spiro atoms. The molecule has 6 heteroatoms. The summed E-state index contributed by atoms with van der Waals surface area (Å²) in [5.41, 5.74) is 7.58. The van der Waals surface area contributed by atoms with Gasteiger partial charge in [-0.3, -0.25) is 4.98 Å². The fourth-order valence-electron chi connectivity index (χ4n) is 2.49. The van der Waals surface area contributed by atoms with Crippen LogP contribution in [-0.2, 0) is 16.3 Å². The lowest BCUT2D eigenvalue weighted by Crippen LogP contribution is -2.36. The van der Waals surface area contributed by atoms with Crippen molar-refractivity contribution in [2.45, 2.75) is 18.9 Å². The fraction of sp³-hybridized carbons (Fsp3) is 0.583. The second kappa shape index (κ2) is 5.24. The van der Waals surface area contributed by atoms with Crippen LogP contribution in [0.4, 0.5) is 5.69 Å². The van der Waals surface area contributed by atoms with Gasteiger partial charge in [-0.2, -0.15) is 0 Å². The van der Waals surface area contributed by atoms with Gasteiger partial charge < -0.3 is 11.1 Å². The molecule has 2 rings (SSSR count). The number of hydrogen-bond donors (Lipinski definition) is 2. The van der Waals surface area contributed by atoms with Crippen LogP contribution in [0.3, 0.4) is 0 Å². The van der Waals surface area contributed by atoms with E-state index >= 15 is 0 Å². The monoisotopic (exact) mass is 269 g/mol. The van der Waals surface area contributed by atoms with E-state index in [0.717, 1.165) is 18.4 Å². The van der Waals surface area contributed by atoms with Crippen LogP contribution in [0.2, 0.25) is 0 Å². The van der Waals surface area contributed by atoms with E-state index in [1.807, 2.05) is 7.05 Å². The summed E-state index contributed by atoms with van der Waals surface area (Å²) in [5, 5.41) is 3.21. The van der Waals surface area contributed by atoms with Crippen molar-refractivity contribution < 1.29 is 8.42 Å². The molecule has 2 unspecified atom stereocenters. The van der Waals surface area contributed by atoms with Gasteiger partial charge in [0.05, 0.1) is 11.5 Å². The van der Waals surface area contributed by atoms with Crippen molar-refractivity contribution in [2.24, 2.45) is 5.92 Å². The molecule has 0 aromatic carbocycles. The number of rotatable bonds is 4. The van der Waals surface area contributed by atoms with Crippen molar-refractivity contribution in [3.63, 3.8) is 0 Å². The third kappa shape index (κ3) is 3.00. The smallest absolute Gasteiger partial charge is 0.150 e. The number of nitrogens with two attached hydrogens (primary N) is 1. The van der Waals surface area contributed by atoms with E-state index in [0.29, 0.717) is 11.4 Å². The molecule has 3 N–H and O–H groups in total. The molecule has 100 valence electrons. The van der Waals surface area contributed by atoms with E-state index < -0.39 is 9.84 Å². The first-order valence-corrected chi connectivity index (χ1v) is 7.90. The Morgan fingerprint density at radius 1 is 1.61 bits per heavy atom. The van der Waals surface area contributed by atoms with Gasteiger partial charge in [0.1, 0.15) is 0 Å². The zero-order chi connectivity index (χ0) is 13.2. The quantitative estimate of drug-likeness (QED) is 0.817. The Hall–Kier alpha value is -1.14. The van der Waals surface area contributed by atoms with E-state index in [4.69, 9.17) is 5.73 Å². The third-order valence-corrected chi connectivity index (χ3v) is 5.38. The molecule has 0 bridgehead atoms. The van der Waals surface area contributed by atoms with Crippen LogP contribution in [0.25, 0.3) is 0 Å². The summed E-state index contributed by atoms with van der Waals surface area (Å²) < 4.78 is 23.0. The van der Waals surface area contributed by atoms with Gasteiger partial charge in [-0.15, -0.1) is 0 Å². The zero-order valence-electron chi connectivity index (χ0n) is 10.5. The zero-order valence-corrected chi connectivity index (χ0v) is 11.3. The summed E-state index contributed by atoms with van der Waals surface area (Å²) in [6, 6.07) is 1.90. The lowest BCUT2D eigenvalue weighted by Gasteiger charge is -2.22. The number of likely N-dealkylation sites (N-methyl/N-ethyl adjacent to an activating group) is 1. The predicted molar refractivity (Wildman–Crippen MR) is 72.0 cm³/mol. The summed E-state index contributed by atoms with van der Waals surface area (Å²) in [6.07, 6.45) is 4.86. The number of sulfone groups is 1. The van der Waals surface area contributed by atoms with Crippen LogP contribution in [0.1, 0.15) is 12.0 Å². The second-order valence-electron chi connectivity index (χ2n) is 4.84. The van der Waals surface area contributed by atoms with Crippen molar-refractivity contribution in [3.05, 3.63) is 24.0 Å². The van der Waals surface area contributed by atoms with Crippen molar-refractivity contribution >= 4 is 15.5 Å². The molecule has 2 atom stereocenters. The number of nitrogen functional groups attached to an aromatic ring is 1. The second-order valence-corrected chi connectivity index (χ2v) is 7.07. The van der Waals surface area contributed by atoms with E-state index in [1.165, 1.54) is 0 Å². The van der Waals surface area contributed by atoms with Crippen molar-refractivity contribution in [2.75, 3.05) is 24.3 Å². The number of anilines is 1. The summed E-state index contributed by atoms with van der Waals surface area (Å²) in [7, 11) is -0.977. The van der Waals surface area contributed by atoms with Crippen LogP contribution in [0.15, 0.2) is 18.5 Å². The van der Waals surface area contributed by atoms with E-state index in [2.05, 4.69) is 10.3 Å². The fourth-order valence-corrected chi connectivity index (χ4v) is 4.37. The highest BCUT2D eigenvalue weighted by Gasteiger charge is 2.33. The Kier molecular flexibility index (Phi) is 3.87. The Bertz CT molecular complexity index is 516. The molecule has 1 aromatic heterocycles. The number of nitrogens with one attached hydrogen (secondary N) is 1. The number of pyridine rings is 1. The molecule has 1 aliphatic rings. The number of hydrogen-bond acceptors (Lipinski definition) is 5. The SMILES string of the molecule is CNC(Cc1cnccc1N)C1CCS(=O)(=O)C1. The van der Waals surface area contributed by atoms with Crippen molar-refractivity contribution in [1.82, 2.24) is 10.3 Å². The van der Waals surface area contributed by atoms with Gasteiger partial charge in [-0.1, -0.05) is 0 Å². The number of aromatic nitrogens is 1. The van der Waals surface area contributed by atoms with Gasteiger partial charge in [0.25, 0.3) is 0 Å². The van der Waals surface area contributed by atoms with E-state index in [1.54, 1.807) is 18.5 Å². The minimum Gasteiger partial charge on any atom is -0.398 e. The maximum atomic E-state index is 11.5. The predicted octanol–water partition coefficient (Wildman–Crippen LogP) is 0.229. The normalized spacial score (nSPS) is 23.9. The molecule has 0 radical (unpaired) electrons. The van der Waals surface area contributed by atoms with Gasteiger partial charge in [-0.05, 0) is 37.4 Å². The summed E-state index contributed by atoms with van der Waals surface area (Å²) in [5.74, 6) is 0.747. The van der Waals surface area contributed by atoms with Crippen LogP contribution < -0.4 is 11.1 Å². The molecule has 0 aliphatic carbocycles. The molecule has 5 nitrogen and oxygen atoms in total. The van der Waals surface area contributed by atoms with Gasteiger partial charge in [-0.25, -0.2) is 8.42 Å². The molecule has 1 aliphatic heterocycles. The highest BCUT2D eigenvalue weighted by molar-refractivity contribution is 7.91. The summed E-state index contributed by atoms with van der Waals surface area (Å²) in [4.78, 5) is 4.06. The molecule has 1 saturated heterocycles. The Balaban J connectivity index is 2.09. The molecule has 1 aromatic rings. The van der Waals surface area contributed by atoms with Gasteiger partial charge >= 0.3 is 0 Å². The Morgan fingerprint density at radius 3 is 2.94 bits per heavy atom. The van der Waals surface area contributed by atoms with E-state index in [-0.39, 0.29) is 17.7 Å². The largest absolute Gasteiger partial charge is 0.398 e. The molecule has 18 heavy (non-hydrogen) atoms. The first-order chi connectivity index (χ1) is 8.52. The molecular formula is C12H19N3O2S. The summed E-state index contributed by atoms with van der Waals surface area (Å²) >= 11 is 0. The molecule has 2 heterocycles. The first-order valence-electron chi connectivity index (χ1n) is 6.08.